The number of nitrogens with zero attached hydrogens (tertiary/aromatic N) is 4. The molecule has 2 aliphatic rings. The Hall–Kier alpha value is -2.75. The molecule has 0 aliphatic carbocycles. The lowest BCUT2D eigenvalue weighted by Gasteiger charge is -2.15. The summed E-state index contributed by atoms with van der Waals surface area (Å²) in [6.07, 6.45) is 7.02. The number of carbonyl (C=O) groups is 2. The Morgan fingerprint density at radius 3 is 3.04 bits per heavy atom. The van der Waals surface area contributed by atoms with Gasteiger partial charge in [-0.15, -0.1) is 11.8 Å². The van der Waals surface area contributed by atoms with E-state index in [1.54, 1.807) is 0 Å². The maximum atomic E-state index is 12.2. The number of fused-ring (bicyclic) bond motifs is 3. The van der Waals surface area contributed by atoms with Gasteiger partial charge in [0.2, 0.25) is 0 Å². The topological polar surface area (TPSA) is 111 Å². The number of aromatic nitrogens is 4. The second kappa shape index (κ2) is 7.10. The van der Waals surface area contributed by atoms with E-state index in [9.17, 15) is 14.7 Å². The average Bonchev–Trinajstić information content (AvgIpc) is 3.11. The van der Waals surface area contributed by atoms with Crippen molar-refractivity contribution in [3.8, 4) is 0 Å². The van der Waals surface area contributed by atoms with Gasteiger partial charge in [-0.25, -0.2) is 19.1 Å². The molecule has 2 aromatic rings. The monoisotopic (exact) mass is 389 g/mol. The van der Waals surface area contributed by atoms with Gasteiger partial charge in [-0.05, 0) is 12.8 Å². The number of methoxy groups -OCH3 is 1. The number of aliphatic carboxylic acids is 1. The molecular formula is C17H19N5O4S. The molecule has 0 aromatic carbocycles. The van der Waals surface area contributed by atoms with E-state index in [1.165, 1.54) is 30.5 Å². The van der Waals surface area contributed by atoms with Crippen LogP contribution in [0.3, 0.4) is 0 Å². The van der Waals surface area contributed by atoms with Crippen LogP contribution in [-0.4, -0.2) is 48.6 Å². The fourth-order valence-electron chi connectivity index (χ4n) is 3.30. The molecule has 0 radical (unpaired) electrons. The van der Waals surface area contributed by atoms with Crippen molar-refractivity contribution < 1.29 is 19.4 Å². The smallest absolute Gasteiger partial charge is 0.352 e. The third kappa shape index (κ3) is 3.32. The van der Waals surface area contributed by atoms with Crippen LogP contribution in [0.25, 0.3) is 5.78 Å². The van der Waals surface area contributed by atoms with E-state index in [4.69, 9.17) is 4.74 Å². The van der Waals surface area contributed by atoms with Crippen LogP contribution in [0.2, 0.25) is 0 Å². The molecule has 27 heavy (non-hydrogen) atoms. The number of hydrogen-bond donors (Lipinski definition) is 2. The summed E-state index contributed by atoms with van der Waals surface area (Å²) in [5.41, 5.74) is 1.17. The minimum Gasteiger partial charge on any atom is -0.477 e. The van der Waals surface area contributed by atoms with Crippen molar-refractivity contribution in [3.63, 3.8) is 0 Å². The molecule has 10 heteroatoms. The van der Waals surface area contributed by atoms with Gasteiger partial charge in [-0.3, -0.25) is 4.68 Å². The van der Waals surface area contributed by atoms with E-state index in [0.29, 0.717) is 17.8 Å². The molecule has 2 aromatic heterocycles. The molecule has 1 atom stereocenters. The number of hydrogen-bond acceptors (Lipinski definition) is 7. The molecule has 0 saturated carbocycles. The number of imidazole rings is 1. The summed E-state index contributed by atoms with van der Waals surface area (Å²) in [6, 6.07) is 0. The Morgan fingerprint density at radius 2 is 2.26 bits per heavy atom. The Kier molecular flexibility index (Phi) is 4.65. The van der Waals surface area contributed by atoms with E-state index < -0.39 is 11.9 Å². The summed E-state index contributed by atoms with van der Waals surface area (Å²) in [6.45, 7) is 0.918. The van der Waals surface area contributed by atoms with E-state index >= 15 is 0 Å². The number of ether oxygens (including phenoxy) is 1. The van der Waals surface area contributed by atoms with Gasteiger partial charge in [-0.2, -0.15) is 4.98 Å². The molecule has 2 aliphatic heterocycles. The number of carbonyl (C=O) groups excluding carboxylic acids is 1. The first kappa shape index (κ1) is 17.7. The van der Waals surface area contributed by atoms with Gasteiger partial charge in [0.05, 0.1) is 24.6 Å². The summed E-state index contributed by atoms with van der Waals surface area (Å²) in [4.78, 5) is 32.6. The van der Waals surface area contributed by atoms with Crippen LogP contribution in [0, 0.1) is 0 Å². The largest absolute Gasteiger partial charge is 0.477 e. The molecule has 0 spiro atoms. The molecule has 2 N–H and O–H groups in total. The second-order valence-electron chi connectivity index (χ2n) is 6.39. The van der Waals surface area contributed by atoms with Crippen molar-refractivity contribution in [2.75, 3.05) is 7.11 Å². The zero-order valence-corrected chi connectivity index (χ0v) is 15.5. The van der Waals surface area contributed by atoms with Crippen LogP contribution >= 0.6 is 11.8 Å². The van der Waals surface area contributed by atoms with Crippen LogP contribution in [0.4, 0.5) is 0 Å². The number of nitrogens with one attached hydrogen (secondary N) is 1. The van der Waals surface area contributed by atoms with Gasteiger partial charge in [0.15, 0.2) is 0 Å². The minimum absolute atomic E-state index is 0.0128. The highest BCUT2D eigenvalue weighted by Gasteiger charge is 2.27. The molecule has 0 bridgehead atoms. The number of aryl methyl sites for hydroxylation is 2. The SMILES string of the molecule is COC(=O)C1=CNC(C(=O)O)=CSC1Cc1cn2c(n1)nc1n2CCCC1. The predicted molar refractivity (Wildman–Crippen MR) is 98.0 cm³/mol. The molecule has 0 amide bonds. The van der Waals surface area contributed by atoms with Gasteiger partial charge in [0.25, 0.3) is 5.78 Å². The standard InChI is InChI=1S/C17H19N5O4S/c1-26-16(25)11-7-18-12(15(23)24)9-27-13(11)6-10-8-22-17(19-10)20-14-4-2-3-5-21(14)22/h7-9,13,18H,2-6H2,1H3,(H,23,24). The van der Waals surface area contributed by atoms with Crippen molar-refractivity contribution in [2.24, 2.45) is 0 Å². The quantitative estimate of drug-likeness (QED) is 0.748. The highest BCUT2D eigenvalue weighted by atomic mass is 32.2. The molecular weight excluding hydrogens is 370 g/mol. The van der Waals surface area contributed by atoms with Gasteiger partial charge in [0, 0.05) is 36.2 Å². The number of carboxylic acids is 1. The van der Waals surface area contributed by atoms with Crippen molar-refractivity contribution in [1.29, 1.82) is 0 Å². The van der Waals surface area contributed by atoms with Crippen molar-refractivity contribution in [2.45, 2.75) is 37.5 Å². The van der Waals surface area contributed by atoms with Crippen LogP contribution in [0.5, 0.6) is 0 Å². The highest BCUT2D eigenvalue weighted by Crippen LogP contribution is 2.28. The van der Waals surface area contributed by atoms with Gasteiger partial charge >= 0.3 is 11.9 Å². The third-order valence-electron chi connectivity index (χ3n) is 4.65. The molecule has 4 rings (SSSR count). The Balaban J connectivity index is 1.62. The second-order valence-corrected chi connectivity index (χ2v) is 7.46. The van der Waals surface area contributed by atoms with E-state index in [1.807, 2.05) is 10.7 Å². The Morgan fingerprint density at radius 1 is 1.41 bits per heavy atom. The predicted octanol–water partition coefficient (Wildman–Crippen LogP) is 1.10. The normalized spacial score (nSPS) is 19.5. The minimum atomic E-state index is -1.09. The lowest BCUT2D eigenvalue weighted by Crippen LogP contribution is -2.21. The molecule has 4 heterocycles. The van der Waals surface area contributed by atoms with Gasteiger partial charge in [0.1, 0.15) is 11.5 Å². The zero-order valence-electron chi connectivity index (χ0n) is 14.7. The summed E-state index contributed by atoms with van der Waals surface area (Å²) in [7, 11) is 1.30. The number of thioether (sulfide) groups is 1. The van der Waals surface area contributed by atoms with Crippen molar-refractivity contribution >= 4 is 29.5 Å². The summed E-state index contributed by atoms with van der Waals surface area (Å²) in [5.74, 6) is 0.121. The van der Waals surface area contributed by atoms with E-state index in [2.05, 4.69) is 20.0 Å². The first-order valence-corrected chi connectivity index (χ1v) is 9.58. The zero-order chi connectivity index (χ0) is 19.0. The fraction of sp³-hybridized carbons (Fsp3) is 0.412. The van der Waals surface area contributed by atoms with Crippen LogP contribution < -0.4 is 5.32 Å². The lowest BCUT2D eigenvalue weighted by molar-refractivity contribution is -0.136. The third-order valence-corrected chi connectivity index (χ3v) is 5.77. The van der Waals surface area contributed by atoms with Crippen LogP contribution in [0.15, 0.2) is 29.1 Å². The molecule has 9 nitrogen and oxygen atoms in total. The highest BCUT2D eigenvalue weighted by molar-refractivity contribution is 8.03. The maximum absolute atomic E-state index is 12.2. The molecule has 1 unspecified atom stereocenters. The average molecular weight is 389 g/mol. The van der Waals surface area contributed by atoms with Crippen molar-refractivity contribution in [1.82, 2.24) is 24.5 Å². The van der Waals surface area contributed by atoms with E-state index in [0.717, 1.165) is 37.3 Å². The van der Waals surface area contributed by atoms with Crippen LogP contribution in [-0.2, 0) is 33.7 Å². The molecule has 142 valence electrons. The van der Waals surface area contributed by atoms with Crippen molar-refractivity contribution in [3.05, 3.63) is 40.6 Å². The van der Waals surface area contributed by atoms with Crippen LogP contribution in [0.1, 0.15) is 24.4 Å². The summed E-state index contributed by atoms with van der Waals surface area (Å²) < 4.78 is 8.95. The Bertz CT molecular complexity index is 974. The van der Waals surface area contributed by atoms with E-state index in [-0.39, 0.29) is 10.9 Å². The number of carboxylic acid groups (broad SMARTS) is 1. The lowest BCUT2D eigenvalue weighted by atomic mass is 10.1. The summed E-state index contributed by atoms with van der Waals surface area (Å²) >= 11 is 1.26. The number of esters is 1. The first-order valence-electron chi connectivity index (χ1n) is 8.64. The fourth-order valence-corrected chi connectivity index (χ4v) is 4.35. The molecule has 0 fully saturated rings. The van der Waals surface area contributed by atoms with Gasteiger partial charge < -0.3 is 15.2 Å². The van der Waals surface area contributed by atoms with Gasteiger partial charge in [-0.1, -0.05) is 0 Å². The summed E-state index contributed by atoms with van der Waals surface area (Å²) in [5, 5.41) is 13.0. The first-order chi connectivity index (χ1) is 13.1. The Labute approximate surface area is 159 Å². The maximum Gasteiger partial charge on any atom is 0.352 e. The number of rotatable bonds is 4. The molecule has 0 saturated heterocycles.